The fourth-order valence-electron chi connectivity index (χ4n) is 4.72. The molecule has 0 bridgehead atoms. The average Bonchev–Trinajstić information content (AvgIpc) is 3.18. The average molecular weight is 486 g/mol. The standard InChI is InChI=1S/C29H27NO6/c1-17(2)21-15-19(9-11-22(21)34-3)27(31)25-26(18-7-5-4-6-8-18)30(29(33)28(25)32)20-10-12-23-24(16-20)36-14-13-35-23/h4-12,15-17,26,31H,13-14H2,1-3H3/b27-25+. The van der Waals surface area contributed by atoms with Gasteiger partial charge in [0, 0.05) is 17.3 Å². The van der Waals surface area contributed by atoms with Crippen molar-refractivity contribution in [2.45, 2.75) is 25.8 Å². The Bertz CT molecular complexity index is 1360. The Morgan fingerprint density at radius 3 is 2.39 bits per heavy atom. The van der Waals surface area contributed by atoms with E-state index in [9.17, 15) is 14.7 Å². The van der Waals surface area contributed by atoms with Crippen molar-refractivity contribution in [2.24, 2.45) is 0 Å². The Kier molecular flexibility index (Phi) is 6.14. The van der Waals surface area contributed by atoms with E-state index in [4.69, 9.17) is 14.2 Å². The van der Waals surface area contributed by atoms with Crippen molar-refractivity contribution in [1.29, 1.82) is 0 Å². The van der Waals surface area contributed by atoms with Crippen LogP contribution in [0, 0.1) is 0 Å². The molecule has 7 nitrogen and oxygen atoms in total. The van der Waals surface area contributed by atoms with Crippen molar-refractivity contribution in [3.63, 3.8) is 0 Å². The predicted octanol–water partition coefficient (Wildman–Crippen LogP) is 5.22. The smallest absolute Gasteiger partial charge is 0.300 e. The molecular weight excluding hydrogens is 458 g/mol. The van der Waals surface area contributed by atoms with E-state index in [1.807, 2.05) is 44.2 Å². The van der Waals surface area contributed by atoms with Gasteiger partial charge in [0.2, 0.25) is 0 Å². The third kappa shape index (κ3) is 3.96. The molecule has 1 unspecified atom stereocenters. The highest BCUT2D eigenvalue weighted by atomic mass is 16.6. The highest BCUT2D eigenvalue weighted by Crippen LogP contribution is 2.45. The summed E-state index contributed by atoms with van der Waals surface area (Å²) >= 11 is 0. The first-order valence-corrected chi connectivity index (χ1v) is 11.8. The van der Waals surface area contributed by atoms with Gasteiger partial charge in [0.1, 0.15) is 24.7 Å². The van der Waals surface area contributed by atoms with Gasteiger partial charge < -0.3 is 19.3 Å². The van der Waals surface area contributed by atoms with Crippen LogP contribution in [-0.4, -0.2) is 37.1 Å². The summed E-state index contributed by atoms with van der Waals surface area (Å²) < 4.78 is 16.8. The van der Waals surface area contributed by atoms with Crippen LogP contribution in [0.1, 0.15) is 42.5 Å². The fraction of sp³-hybridized carbons (Fsp3) is 0.241. The molecule has 0 aliphatic carbocycles. The molecule has 184 valence electrons. The van der Waals surface area contributed by atoms with Gasteiger partial charge in [-0.15, -0.1) is 0 Å². The first-order chi connectivity index (χ1) is 17.4. The van der Waals surface area contributed by atoms with Crippen LogP contribution in [0.4, 0.5) is 5.69 Å². The number of anilines is 1. The number of carbonyl (C=O) groups is 2. The van der Waals surface area contributed by atoms with Crippen molar-refractivity contribution in [1.82, 2.24) is 0 Å². The Hall–Kier alpha value is -4.26. The minimum atomic E-state index is -0.821. The summed E-state index contributed by atoms with van der Waals surface area (Å²) in [5.74, 6) is 0.196. The van der Waals surface area contributed by atoms with Gasteiger partial charge in [-0.1, -0.05) is 44.2 Å². The summed E-state index contributed by atoms with van der Waals surface area (Å²) in [7, 11) is 1.59. The molecule has 3 aromatic rings. The number of fused-ring (bicyclic) bond motifs is 1. The van der Waals surface area contributed by atoms with Crippen molar-refractivity contribution in [3.8, 4) is 17.2 Å². The van der Waals surface area contributed by atoms with Crippen LogP contribution in [-0.2, 0) is 9.59 Å². The van der Waals surface area contributed by atoms with Crippen molar-refractivity contribution >= 4 is 23.1 Å². The molecule has 0 spiro atoms. The number of hydrogen-bond acceptors (Lipinski definition) is 6. The molecule has 2 aliphatic rings. The van der Waals surface area contributed by atoms with Crippen LogP contribution < -0.4 is 19.1 Å². The third-order valence-electron chi connectivity index (χ3n) is 6.49. The van der Waals surface area contributed by atoms with Crippen molar-refractivity contribution < 1.29 is 28.9 Å². The van der Waals surface area contributed by atoms with Crippen molar-refractivity contribution in [2.75, 3.05) is 25.2 Å². The lowest BCUT2D eigenvalue weighted by Crippen LogP contribution is -2.29. The molecule has 1 saturated heterocycles. The van der Waals surface area contributed by atoms with E-state index in [0.29, 0.717) is 47.3 Å². The lowest BCUT2D eigenvalue weighted by atomic mass is 9.93. The van der Waals surface area contributed by atoms with E-state index >= 15 is 0 Å². The summed E-state index contributed by atoms with van der Waals surface area (Å²) in [5, 5.41) is 11.5. The second-order valence-electron chi connectivity index (χ2n) is 9.02. The monoisotopic (exact) mass is 485 g/mol. The Morgan fingerprint density at radius 1 is 0.972 bits per heavy atom. The van der Waals surface area contributed by atoms with Crippen LogP contribution in [0.3, 0.4) is 0 Å². The second kappa shape index (κ2) is 9.41. The zero-order chi connectivity index (χ0) is 25.4. The quantitative estimate of drug-likeness (QED) is 0.303. The van der Waals surface area contributed by atoms with Gasteiger partial charge in [-0.05, 0) is 47.4 Å². The SMILES string of the molecule is COc1ccc(/C(O)=C2\C(=O)C(=O)N(c3ccc4c(c3)OCCO4)C2c2ccccc2)cc1C(C)C. The molecule has 3 aromatic carbocycles. The van der Waals surface area contributed by atoms with Crippen LogP contribution in [0.25, 0.3) is 5.76 Å². The molecule has 2 heterocycles. The van der Waals surface area contributed by atoms with Gasteiger partial charge in [-0.2, -0.15) is 0 Å². The molecule has 7 heteroatoms. The Labute approximate surface area is 209 Å². The number of ether oxygens (including phenoxy) is 3. The molecule has 2 aliphatic heterocycles. The second-order valence-corrected chi connectivity index (χ2v) is 9.02. The van der Waals surface area contributed by atoms with E-state index in [0.717, 1.165) is 5.56 Å². The maximum absolute atomic E-state index is 13.4. The number of aliphatic hydroxyl groups is 1. The zero-order valence-corrected chi connectivity index (χ0v) is 20.4. The van der Waals surface area contributed by atoms with Crippen molar-refractivity contribution in [3.05, 3.63) is 89.0 Å². The molecule has 36 heavy (non-hydrogen) atoms. The Balaban J connectivity index is 1.68. The topological polar surface area (TPSA) is 85.3 Å². The normalized spacial score (nSPS) is 18.6. The van der Waals surface area contributed by atoms with Gasteiger partial charge >= 0.3 is 0 Å². The minimum absolute atomic E-state index is 0.0287. The van der Waals surface area contributed by atoms with E-state index < -0.39 is 17.7 Å². The number of carbonyl (C=O) groups excluding carboxylic acids is 2. The number of ketones is 1. The molecule has 1 N–H and O–H groups in total. The fourth-order valence-corrected chi connectivity index (χ4v) is 4.72. The molecule has 0 saturated carbocycles. The predicted molar refractivity (Wildman–Crippen MR) is 136 cm³/mol. The van der Waals surface area contributed by atoms with Gasteiger partial charge in [-0.3, -0.25) is 14.5 Å². The Morgan fingerprint density at radius 2 is 1.69 bits per heavy atom. The lowest BCUT2D eigenvalue weighted by Gasteiger charge is -2.27. The van der Waals surface area contributed by atoms with Gasteiger partial charge in [0.25, 0.3) is 11.7 Å². The first-order valence-electron chi connectivity index (χ1n) is 11.8. The number of hydrogen-bond donors (Lipinski definition) is 1. The summed E-state index contributed by atoms with van der Waals surface area (Å²) in [5.41, 5.74) is 2.54. The maximum Gasteiger partial charge on any atom is 0.300 e. The number of amides is 1. The largest absolute Gasteiger partial charge is 0.507 e. The van der Waals surface area contributed by atoms with E-state index in [2.05, 4.69) is 0 Å². The molecule has 0 radical (unpaired) electrons. The van der Waals surface area contributed by atoms with Gasteiger partial charge in [-0.25, -0.2) is 0 Å². The summed E-state index contributed by atoms with van der Waals surface area (Å²) in [6.45, 7) is 4.88. The highest BCUT2D eigenvalue weighted by molar-refractivity contribution is 6.51. The van der Waals surface area contributed by atoms with Crippen LogP contribution in [0.2, 0.25) is 0 Å². The summed E-state index contributed by atoms with van der Waals surface area (Å²) in [4.78, 5) is 28.3. The molecule has 1 fully saturated rings. The molecule has 0 aromatic heterocycles. The number of nitrogens with zero attached hydrogens (tertiary/aromatic N) is 1. The van der Waals surface area contributed by atoms with E-state index in [-0.39, 0.29) is 17.3 Å². The van der Waals surface area contributed by atoms with Crippen LogP contribution in [0.15, 0.2) is 72.3 Å². The van der Waals surface area contributed by atoms with Gasteiger partial charge in [0.05, 0.1) is 18.7 Å². The minimum Gasteiger partial charge on any atom is -0.507 e. The highest BCUT2D eigenvalue weighted by Gasteiger charge is 2.47. The first kappa shape index (κ1) is 23.5. The van der Waals surface area contributed by atoms with Gasteiger partial charge in [0.15, 0.2) is 11.5 Å². The third-order valence-corrected chi connectivity index (χ3v) is 6.49. The molecule has 1 amide bonds. The summed E-state index contributed by atoms with van der Waals surface area (Å²) in [6, 6.07) is 18.8. The number of rotatable bonds is 5. The summed E-state index contributed by atoms with van der Waals surface area (Å²) in [6.07, 6.45) is 0. The zero-order valence-electron chi connectivity index (χ0n) is 20.4. The number of benzene rings is 3. The molecule has 5 rings (SSSR count). The number of Topliss-reactive ketones (excluding diaryl/α,β-unsaturated/α-hetero) is 1. The van der Waals surface area contributed by atoms with E-state index in [1.165, 1.54) is 4.90 Å². The van der Waals surface area contributed by atoms with Crippen LogP contribution >= 0.6 is 0 Å². The molecular formula is C29H27NO6. The number of methoxy groups -OCH3 is 1. The van der Waals surface area contributed by atoms with Crippen LogP contribution in [0.5, 0.6) is 17.2 Å². The maximum atomic E-state index is 13.4. The number of aliphatic hydroxyl groups excluding tert-OH is 1. The molecule has 1 atom stereocenters. The lowest BCUT2D eigenvalue weighted by molar-refractivity contribution is -0.132. The van der Waals surface area contributed by atoms with E-state index in [1.54, 1.807) is 43.5 Å².